The predicted octanol–water partition coefficient (Wildman–Crippen LogP) is 1.20. The fourth-order valence-electron chi connectivity index (χ4n) is 4.68. The van der Waals surface area contributed by atoms with Gasteiger partial charge in [0.15, 0.2) is 0 Å². The lowest BCUT2D eigenvalue weighted by Crippen LogP contribution is -2.51. The summed E-state index contributed by atoms with van der Waals surface area (Å²) in [6.07, 6.45) is 1.17. The second kappa shape index (κ2) is 8.97. The third kappa shape index (κ3) is 4.67. The number of nitrogens with zero attached hydrogens (tertiary/aromatic N) is 2. The fraction of sp³-hybridized carbons (Fsp3) is 0.609. The molecule has 174 valence electrons. The number of amides is 3. The largest absolute Gasteiger partial charge is 0.497 e. The van der Waals surface area contributed by atoms with Crippen LogP contribution < -0.4 is 14.8 Å². The molecule has 0 saturated carbocycles. The van der Waals surface area contributed by atoms with E-state index in [1.807, 2.05) is 13.8 Å². The lowest BCUT2D eigenvalue weighted by molar-refractivity contribution is -0.148. The number of likely N-dealkylation sites (tertiary alicyclic amines) is 1. The van der Waals surface area contributed by atoms with E-state index in [0.29, 0.717) is 56.1 Å². The van der Waals surface area contributed by atoms with Crippen LogP contribution in [-0.4, -0.2) is 85.2 Å². The highest BCUT2D eigenvalue weighted by atomic mass is 16.5. The molecule has 3 aliphatic heterocycles. The van der Waals surface area contributed by atoms with Crippen LogP contribution in [-0.2, 0) is 14.3 Å². The third-order valence-corrected chi connectivity index (χ3v) is 6.41. The molecule has 3 aliphatic rings. The molecule has 2 saturated heterocycles. The van der Waals surface area contributed by atoms with Gasteiger partial charge in [0.05, 0.1) is 38.0 Å². The number of methoxy groups -OCH3 is 1. The maximum Gasteiger partial charge on any atom is 0.255 e. The Morgan fingerprint density at radius 2 is 1.97 bits per heavy atom. The first-order valence-corrected chi connectivity index (χ1v) is 11.1. The molecule has 32 heavy (non-hydrogen) atoms. The lowest BCUT2D eigenvalue weighted by Gasteiger charge is -2.36. The number of hydrogen-bond donors (Lipinski definition) is 1. The van der Waals surface area contributed by atoms with E-state index in [4.69, 9.17) is 14.2 Å². The quantitative estimate of drug-likeness (QED) is 0.751. The summed E-state index contributed by atoms with van der Waals surface area (Å²) >= 11 is 0. The maximum absolute atomic E-state index is 12.9. The van der Waals surface area contributed by atoms with Crippen molar-refractivity contribution in [3.8, 4) is 11.5 Å². The summed E-state index contributed by atoms with van der Waals surface area (Å²) in [4.78, 5) is 41.7. The second-order valence-corrected chi connectivity index (χ2v) is 8.95. The van der Waals surface area contributed by atoms with Crippen LogP contribution in [0.15, 0.2) is 18.2 Å². The lowest BCUT2D eigenvalue weighted by atomic mass is 9.94. The van der Waals surface area contributed by atoms with Crippen molar-refractivity contribution >= 4 is 17.7 Å². The normalized spacial score (nSPS) is 28.3. The topological polar surface area (TPSA) is 97.4 Å². The number of rotatable bonds is 3. The Morgan fingerprint density at radius 3 is 2.69 bits per heavy atom. The molecule has 9 heteroatoms. The van der Waals surface area contributed by atoms with Crippen LogP contribution in [0.3, 0.4) is 0 Å². The first-order valence-electron chi connectivity index (χ1n) is 11.1. The highest BCUT2D eigenvalue weighted by Crippen LogP contribution is 2.35. The molecule has 1 spiro atoms. The van der Waals surface area contributed by atoms with Gasteiger partial charge in [0.2, 0.25) is 11.8 Å². The smallest absolute Gasteiger partial charge is 0.255 e. The molecular formula is C23H31N3O6. The molecule has 9 nitrogen and oxygen atoms in total. The van der Waals surface area contributed by atoms with Gasteiger partial charge in [0, 0.05) is 38.5 Å². The van der Waals surface area contributed by atoms with Crippen molar-refractivity contribution in [3.05, 3.63) is 23.8 Å². The maximum atomic E-state index is 12.9. The van der Waals surface area contributed by atoms with Crippen LogP contribution in [0.25, 0.3) is 0 Å². The van der Waals surface area contributed by atoms with E-state index in [9.17, 15) is 14.4 Å². The number of carbonyl (C=O) groups is 3. The Bertz CT molecular complexity index is 896. The summed E-state index contributed by atoms with van der Waals surface area (Å²) in [7, 11) is 1.56. The van der Waals surface area contributed by atoms with Crippen molar-refractivity contribution in [1.29, 1.82) is 0 Å². The molecule has 4 rings (SSSR count). The van der Waals surface area contributed by atoms with E-state index in [-0.39, 0.29) is 42.9 Å². The van der Waals surface area contributed by atoms with Crippen LogP contribution in [0.2, 0.25) is 0 Å². The van der Waals surface area contributed by atoms with E-state index in [0.717, 1.165) is 0 Å². The highest BCUT2D eigenvalue weighted by Gasteiger charge is 2.41. The predicted molar refractivity (Wildman–Crippen MR) is 116 cm³/mol. The van der Waals surface area contributed by atoms with Gasteiger partial charge in [-0.15, -0.1) is 0 Å². The van der Waals surface area contributed by atoms with Crippen molar-refractivity contribution in [2.75, 3.05) is 39.8 Å². The molecule has 3 amide bonds. The number of morpholine rings is 1. The molecular weight excluding hydrogens is 414 g/mol. The molecule has 2 fully saturated rings. The van der Waals surface area contributed by atoms with Crippen molar-refractivity contribution in [3.63, 3.8) is 0 Å². The average Bonchev–Trinajstić information content (AvgIpc) is 3.00. The Morgan fingerprint density at radius 1 is 1.22 bits per heavy atom. The first-order chi connectivity index (χ1) is 15.3. The van der Waals surface area contributed by atoms with Gasteiger partial charge in [-0.1, -0.05) is 0 Å². The van der Waals surface area contributed by atoms with Gasteiger partial charge in [-0.05, 0) is 32.4 Å². The van der Waals surface area contributed by atoms with Crippen LogP contribution in [0, 0.1) is 0 Å². The zero-order valence-electron chi connectivity index (χ0n) is 18.9. The molecule has 1 aromatic rings. The van der Waals surface area contributed by atoms with Crippen molar-refractivity contribution < 1.29 is 28.6 Å². The van der Waals surface area contributed by atoms with Gasteiger partial charge in [-0.2, -0.15) is 0 Å². The van der Waals surface area contributed by atoms with E-state index in [2.05, 4.69) is 5.32 Å². The van der Waals surface area contributed by atoms with Crippen molar-refractivity contribution in [2.45, 2.75) is 50.9 Å². The Hall–Kier alpha value is -2.81. The number of fused-ring (bicyclic) bond motifs is 1. The van der Waals surface area contributed by atoms with Gasteiger partial charge in [0.25, 0.3) is 5.91 Å². The van der Waals surface area contributed by atoms with Crippen LogP contribution in [0.4, 0.5) is 0 Å². The van der Waals surface area contributed by atoms with E-state index < -0.39 is 5.60 Å². The Balaban J connectivity index is 1.47. The van der Waals surface area contributed by atoms with Crippen LogP contribution >= 0.6 is 0 Å². The second-order valence-electron chi connectivity index (χ2n) is 8.95. The molecule has 0 radical (unpaired) electrons. The third-order valence-electron chi connectivity index (χ3n) is 6.41. The van der Waals surface area contributed by atoms with E-state index >= 15 is 0 Å². The number of ether oxygens (including phenoxy) is 3. The number of carbonyl (C=O) groups excluding carboxylic acids is 3. The minimum absolute atomic E-state index is 0.0223. The molecule has 1 aromatic carbocycles. The minimum atomic E-state index is -0.720. The van der Waals surface area contributed by atoms with Crippen molar-refractivity contribution in [2.24, 2.45) is 0 Å². The van der Waals surface area contributed by atoms with Gasteiger partial charge in [-0.3, -0.25) is 14.4 Å². The zero-order chi connectivity index (χ0) is 22.9. The van der Waals surface area contributed by atoms with Gasteiger partial charge in [0.1, 0.15) is 17.1 Å². The molecule has 3 heterocycles. The zero-order valence-corrected chi connectivity index (χ0v) is 18.9. The monoisotopic (exact) mass is 445 g/mol. The Kier molecular flexibility index (Phi) is 6.28. The summed E-state index contributed by atoms with van der Waals surface area (Å²) in [5.74, 6) is 0.695. The van der Waals surface area contributed by atoms with Crippen molar-refractivity contribution in [1.82, 2.24) is 15.1 Å². The Labute approximate surface area is 188 Å². The first kappa shape index (κ1) is 22.4. The summed E-state index contributed by atoms with van der Waals surface area (Å²) in [5.41, 5.74) is -0.274. The molecule has 3 atom stereocenters. The minimum Gasteiger partial charge on any atom is -0.497 e. The summed E-state index contributed by atoms with van der Waals surface area (Å²) in [5, 5.41) is 2.93. The molecule has 3 unspecified atom stereocenters. The highest BCUT2D eigenvalue weighted by molar-refractivity contribution is 5.97. The number of nitrogens with one attached hydrogen (secondary N) is 1. The average molecular weight is 446 g/mol. The van der Waals surface area contributed by atoms with E-state index in [1.54, 1.807) is 35.1 Å². The standard InChI is InChI=1S/C23H31N3O6/c1-15-11-26(12-16(2)31-15)21(28)13-25-9-8-23(7-6-20(25)27)14-24-22(29)18-5-4-17(30-3)10-19(18)32-23/h4-5,10,15-16H,6-9,11-14H2,1-3H3,(H,24,29). The molecule has 0 aromatic heterocycles. The molecule has 0 bridgehead atoms. The van der Waals surface area contributed by atoms with Gasteiger partial charge < -0.3 is 29.3 Å². The molecule has 0 aliphatic carbocycles. The summed E-state index contributed by atoms with van der Waals surface area (Å²) < 4.78 is 17.4. The summed E-state index contributed by atoms with van der Waals surface area (Å²) in [6, 6.07) is 5.10. The van der Waals surface area contributed by atoms with E-state index in [1.165, 1.54) is 0 Å². The SMILES string of the molecule is COc1ccc2c(c1)OC1(CCC(=O)N(CC(=O)N3CC(C)OC(C)C3)CC1)CNC2=O. The molecule has 1 N–H and O–H groups in total. The van der Waals surface area contributed by atoms with Crippen LogP contribution in [0.1, 0.15) is 43.5 Å². The van der Waals surface area contributed by atoms with Crippen LogP contribution in [0.5, 0.6) is 11.5 Å². The number of benzene rings is 1. The number of hydrogen-bond acceptors (Lipinski definition) is 6. The van der Waals surface area contributed by atoms with Gasteiger partial charge in [-0.25, -0.2) is 0 Å². The van der Waals surface area contributed by atoms with Gasteiger partial charge >= 0.3 is 0 Å². The fourth-order valence-corrected chi connectivity index (χ4v) is 4.68. The summed E-state index contributed by atoms with van der Waals surface area (Å²) in [6.45, 7) is 5.69.